The highest BCUT2D eigenvalue weighted by Crippen LogP contribution is 2.31. The summed E-state index contributed by atoms with van der Waals surface area (Å²) in [5.41, 5.74) is 12.4. The van der Waals surface area contributed by atoms with Crippen molar-refractivity contribution in [1.82, 2.24) is 14.8 Å². The lowest BCUT2D eigenvalue weighted by atomic mass is 9.94. The number of hydrogen-bond donors (Lipinski definition) is 2. The summed E-state index contributed by atoms with van der Waals surface area (Å²) in [5, 5.41) is 7.77. The van der Waals surface area contributed by atoms with Crippen molar-refractivity contribution in [3.63, 3.8) is 0 Å². The fourth-order valence-corrected chi connectivity index (χ4v) is 4.02. The maximum Gasteiger partial charge on any atom is 0.573 e. The van der Waals surface area contributed by atoms with Crippen LogP contribution in [0.15, 0.2) is 67.0 Å². The summed E-state index contributed by atoms with van der Waals surface area (Å²) < 4.78 is 42.5. The smallest absolute Gasteiger partial charge is 0.406 e. The van der Waals surface area contributed by atoms with Gasteiger partial charge >= 0.3 is 6.36 Å². The molecule has 0 bridgehead atoms. The molecule has 1 aromatic heterocycles. The molecular formula is C26H24F3N5OS. The van der Waals surface area contributed by atoms with E-state index in [0.29, 0.717) is 11.5 Å². The zero-order valence-corrected chi connectivity index (χ0v) is 20.5. The van der Waals surface area contributed by atoms with E-state index < -0.39 is 6.36 Å². The molecule has 0 aliphatic carbocycles. The molecule has 0 aliphatic rings. The van der Waals surface area contributed by atoms with Gasteiger partial charge in [0.25, 0.3) is 0 Å². The molecule has 0 amide bonds. The molecular weight excluding hydrogens is 487 g/mol. The van der Waals surface area contributed by atoms with Crippen molar-refractivity contribution < 1.29 is 17.9 Å². The summed E-state index contributed by atoms with van der Waals surface area (Å²) >= 11 is 5.02. The molecule has 0 atom stereocenters. The van der Waals surface area contributed by atoms with Gasteiger partial charge in [0.1, 0.15) is 12.1 Å². The lowest BCUT2D eigenvalue weighted by Gasteiger charge is -2.15. The predicted octanol–water partition coefficient (Wildman–Crippen LogP) is 6.42. The van der Waals surface area contributed by atoms with Gasteiger partial charge in [-0.2, -0.15) is 0 Å². The van der Waals surface area contributed by atoms with Crippen LogP contribution >= 0.6 is 12.2 Å². The molecule has 1 heterocycles. The summed E-state index contributed by atoms with van der Waals surface area (Å²) in [6, 6.07) is 17.5. The Labute approximate surface area is 211 Å². The standard InChI is InChI=1S/C26H24F3N5OS/c1-3-4-19-14-22(16(2)13-23(19)32-25(30)36)17-5-7-18(8-6-17)24-31-15-34(33-24)20-9-11-21(12-10-20)35-26(27,28)29/h5-15H,3-4H2,1-2H3,(H3,30,32,36). The number of thiocarbonyl (C=S) groups is 1. The molecule has 0 radical (unpaired) electrons. The van der Waals surface area contributed by atoms with Crippen LogP contribution in [0, 0.1) is 6.92 Å². The number of nitrogens with one attached hydrogen (secondary N) is 1. The van der Waals surface area contributed by atoms with Crippen molar-refractivity contribution >= 4 is 23.0 Å². The van der Waals surface area contributed by atoms with E-state index in [1.165, 1.54) is 35.3 Å². The highest BCUT2D eigenvalue weighted by Gasteiger charge is 2.31. The van der Waals surface area contributed by atoms with Crippen molar-refractivity contribution in [2.45, 2.75) is 33.1 Å². The highest BCUT2D eigenvalue weighted by molar-refractivity contribution is 7.80. The maximum absolute atomic E-state index is 12.4. The van der Waals surface area contributed by atoms with Crippen molar-refractivity contribution in [2.24, 2.45) is 5.73 Å². The average Bonchev–Trinajstić information content (AvgIpc) is 3.30. The SMILES string of the molecule is CCCc1cc(-c2ccc(-c3ncn(-c4ccc(OC(F)(F)F)cc4)n3)cc2)c(C)cc1NC(N)=S. The molecule has 4 rings (SSSR count). The Morgan fingerprint density at radius 2 is 1.72 bits per heavy atom. The van der Waals surface area contributed by atoms with Crippen molar-refractivity contribution in [3.05, 3.63) is 78.1 Å². The number of benzene rings is 3. The molecule has 186 valence electrons. The van der Waals surface area contributed by atoms with Crippen molar-refractivity contribution in [2.75, 3.05) is 5.32 Å². The number of anilines is 1. The van der Waals surface area contributed by atoms with Gasteiger partial charge in [-0.25, -0.2) is 9.67 Å². The number of hydrogen-bond acceptors (Lipinski definition) is 4. The van der Waals surface area contributed by atoms with Crippen LogP contribution in [-0.4, -0.2) is 26.2 Å². The van der Waals surface area contributed by atoms with Gasteiger partial charge in [-0.15, -0.1) is 18.3 Å². The molecule has 10 heteroatoms. The van der Waals surface area contributed by atoms with Gasteiger partial charge in [-0.3, -0.25) is 0 Å². The number of halogens is 3. The predicted molar refractivity (Wildman–Crippen MR) is 138 cm³/mol. The molecule has 3 aromatic carbocycles. The van der Waals surface area contributed by atoms with Gasteiger partial charge in [-0.05, 0) is 84.2 Å². The van der Waals surface area contributed by atoms with Crippen LogP contribution < -0.4 is 15.8 Å². The number of ether oxygens (including phenoxy) is 1. The molecule has 36 heavy (non-hydrogen) atoms. The normalized spacial score (nSPS) is 11.4. The quantitative estimate of drug-likeness (QED) is 0.279. The van der Waals surface area contributed by atoms with E-state index >= 15 is 0 Å². The Balaban J connectivity index is 1.55. The lowest BCUT2D eigenvalue weighted by molar-refractivity contribution is -0.274. The molecule has 0 unspecified atom stereocenters. The number of aryl methyl sites for hydroxylation is 2. The van der Waals surface area contributed by atoms with Crippen molar-refractivity contribution in [3.8, 4) is 34.0 Å². The molecule has 0 spiro atoms. The van der Waals surface area contributed by atoms with E-state index in [4.69, 9.17) is 18.0 Å². The second kappa shape index (κ2) is 10.4. The van der Waals surface area contributed by atoms with Crippen molar-refractivity contribution in [1.29, 1.82) is 0 Å². The Morgan fingerprint density at radius 3 is 2.33 bits per heavy atom. The van der Waals surface area contributed by atoms with Gasteiger partial charge in [0, 0.05) is 11.3 Å². The van der Waals surface area contributed by atoms with E-state index in [-0.39, 0.29) is 10.9 Å². The van der Waals surface area contributed by atoms with Crippen LogP contribution in [0.25, 0.3) is 28.2 Å². The van der Waals surface area contributed by atoms with E-state index in [1.807, 2.05) is 31.2 Å². The second-order valence-corrected chi connectivity index (χ2v) is 8.64. The minimum Gasteiger partial charge on any atom is -0.406 e. The number of nitrogens with two attached hydrogens (primary N) is 1. The molecule has 0 fully saturated rings. The van der Waals surface area contributed by atoms with Gasteiger partial charge in [-0.1, -0.05) is 37.6 Å². The zero-order chi connectivity index (χ0) is 25.9. The Morgan fingerprint density at radius 1 is 1.06 bits per heavy atom. The van der Waals surface area contributed by atoms with E-state index in [1.54, 1.807) is 0 Å². The van der Waals surface area contributed by atoms with E-state index in [0.717, 1.165) is 46.3 Å². The van der Waals surface area contributed by atoms with Gasteiger partial charge < -0.3 is 15.8 Å². The third-order valence-electron chi connectivity index (χ3n) is 5.51. The van der Waals surface area contributed by atoms with Crippen LogP contribution in [0.5, 0.6) is 5.75 Å². The molecule has 0 saturated heterocycles. The second-order valence-electron chi connectivity index (χ2n) is 8.20. The third kappa shape index (κ3) is 6.01. The molecule has 3 N–H and O–H groups in total. The minimum absolute atomic E-state index is 0.237. The third-order valence-corrected chi connectivity index (χ3v) is 5.61. The number of aromatic nitrogens is 3. The van der Waals surface area contributed by atoms with Crippen LogP contribution in [0.3, 0.4) is 0 Å². The first-order valence-electron chi connectivity index (χ1n) is 11.2. The summed E-state index contributed by atoms with van der Waals surface area (Å²) in [5.74, 6) is 0.200. The lowest BCUT2D eigenvalue weighted by Crippen LogP contribution is -2.20. The number of rotatable bonds is 7. The fraction of sp³-hybridized carbons (Fsp3) is 0.192. The largest absolute Gasteiger partial charge is 0.573 e. The van der Waals surface area contributed by atoms with E-state index in [2.05, 4.69) is 39.2 Å². The Kier molecular flexibility index (Phi) is 7.25. The zero-order valence-electron chi connectivity index (χ0n) is 19.6. The maximum atomic E-state index is 12.4. The molecule has 4 aromatic rings. The van der Waals surface area contributed by atoms with E-state index in [9.17, 15) is 13.2 Å². The highest BCUT2D eigenvalue weighted by atomic mass is 32.1. The monoisotopic (exact) mass is 511 g/mol. The van der Waals surface area contributed by atoms with Crippen LogP contribution in [0.2, 0.25) is 0 Å². The van der Waals surface area contributed by atoms with Crippen LogP contribution in [0.4, 0.5) is 18.9 Å². The average molecular weight is 512 g/mol. The summed E-state index contributed by atoms with van der Waals surface area (Å²) in [4.78, 5) is 4.35. The molecule has 6 nitrogen and oxygen atoms in total. The Hall–Kier alpha value is -3.92. The first-order valence-corrected chi connectivity index (χ1v) is 11.6. The first-order chi connectivity index (χ1) is 17.1. The fourth-order valence-electron chi connectivity index (χ4n) is 3.91. The minimum atomic E-state index is -4.74. The Bertz CT molecular complexity index is 1370. The summed E-state index contributed by atoms with van der Waals surface area (Å²) in [6.07, 6.45) is -1.35. The topological polar surface area (TPSA) is 78.0 Å². The van der Waals surface area contributed by atoms with Gasteiger partial charge in [0.05, 0.1) is 5.69 Å². The summed E-state index contributed by atoms with van der Waals surface area (Å²) in [6.45, 7) is 4.16. The van der Waals surface area contributed by atoms with Gasteiger partial charge in [0.15, 0.2) is 10.9 Å². The molecule has 0 saturated carbocycles. The first kappa shape index (κ1) is 25.2. The summed E-state index contributed by atoms with van der Waals surface area (Å²) in [7, 11) is 0. The molecule has 0 aliphatic heterocycles. The van der Waals surface area contributed by atoms with Gasteiger partial charge in [0.2, 0.25) is 0 Å². The number of alkyl halides is 3. The van der Waals surface area contributed by atoms with Crippen LogP contribution in [0.1, 0.15) is 24.5 Å². The number of nitrogens with zero attached hydrogens (tertiary/aromatic N) is 3. The van der Waals surface area contributed by atoms with Crippen LogP contribution in [-0.2, 0) is 6.42 Å².